The SMILES string of the molecule is CCc1cc(-c2cc(NC(=O)Cc3ccc(CN4CCN(C)CC4)c(C(F)(F)F)c3)nn2C)cc2cnc(NC3CCC(N)CC3)nc12. The molecular formula is C35H44F3N9O. The van der Waals surface area contributed by atoms with Crippen molar-refractivity contribution in [2.75, 3.05) is 43.9 Å². The van der Waals surface area contributed by atoms with Crippen LogP contribution in [0.15, 0.2) is 42.6 Å². The largest absolute Gasteiger partial charge is 0.416 e. The van der Waals surface area contributed by atoms with Gasteiger partial charge in [-0.1, -0.05) is 19.1 Å². The number of fused-ring (bicyclic) bond motifs is 1. The first-order valence-electron chi connectivity index (χ1n) is 16.7. The molecule has 1 aliphatic carbocycles. The number of piperazine rings is 1. The van der Waals surface area contributed by atoms with Crippen LogP contribution < -0.4 is 16.4 Å². The minimum Gasteiger partial charge on any atom is -0.351 e. The summed E-state index contributed by atoms with van der Waals surface area (Å²) in [4.78, 5) is 26.7. The monoisotopic (exact) mass is 663 g/mol. The maximum Gasteiger partial charge on any atom is 0.416 e. The van der Waals surface area contributed by atoms with E-state index < -0.39 is 17.6 Å². The predicted molar refractivity (Wildman–Crippen MR) is 182 cm³/mol. The molecule has 2 aromatic carbocycles. The maximum atomic E-state index is 14.1. The molecule has 1 aliphatic heterocycles. The van der Waals surface area contributed by atoms with Gasteiger partial charge in [-0.2, -0.15) is 18.3 Å². The van der Waals surface area contributed by atoms with E-state index in [4.69, 9.17) is 10.7 Å². The number of aromatic nitrogens is 4. The van der Waals surface area contributed by atoms with E-state index in [9.17, 15) is 18.0 Å². The van der Waals surface area contributed by atoms with Gasteiger partial charge in [0.1, 0.15) is 0 Å². The van der Waals surface area contributed by atoms with Crippen LogP contribution in [0.2, 0.25) is 0 Å². The van der Waals surface area contributed by atoms with Crippen molar-refractivity contribution in [1.82, 2.24) is 29.5 Å². The minimum atomic E-state index is -4.52. The molecule has 10 nitrogen and oxygen atoms in total. The number of nitrogens with zero attached hydrogens (tertiary/aromatic N) is 6. The standard InChI is InChI=1S/C35H44F3N9O/c1-4-23-17-25(18-26-20-40-34(43-33(23)26)41-28-9-7-27(39)8-10-28)30-19-31(44-46(30)3)42-32(48)16-22-5-6-24(29(15-22)35(36,37)38)21-47-13-11-45(2)12-14-47/h5-6,15,17-20,27-28H,4,7-14,16,21,39H2,1-3H3,(H,40,41,43)(H,42,44,48). The van der Waals surface area contributed by atoms with Crippen molar-refractivity contribution in [3.63, 3.8) is 0 Å². The smallest absolute Gasteiger partial charge is 0.351 e. The Labute approximate surface area is 278 Å². The first-order valence-corrected chi connectivity index (χ1v) is 16.7. The zero-order valence-electron chi connectivity index (χ0n) is 27.8. The molecule has 0 atom stereocenters. The van der Waals surface area contributed by atoms with Gasteiger partial charge in [0, 0.05) is 75.1 Å². The lowest BCUT2D eigenvalue weighted by atomic mass is 9.92. The Hall–Kier alpha value is -4.07. The van der Waals surface area contributed by atoms with E-state index >= 15 is 0 Å². The van der Waals surface area contributed by atoms with Gasteiger partial charge in [0.15, 0.2) is 5.82 Å². The topological polar surface area (TPSA) is 117 Å². The number of carbonyl (C=O) groups excluding carboxylic acids is 1. The Balaban J connectivity index is 1.15. The van der Waals surface area contributed by atoms with Crippen LogP contribution in [-0.4, -0.2) is 80.8 Å². The molecule has 1 amide bonds. The fraction of sp³-hybridized carbons (Fsp3) is 0.486. The highest BCUT2D eigenvalue weighted by molar-refractivity contribution is 5.92. The van der Waals surface area contributed by atoms with Crippen molar-refractivity contribution in [2.24, 2.45) is 12.8 Å². The molecule has 0 bridgehead atoms. The zero-order chi connectivity index (χ0) is 34.0. The van der Waals surface area contributed by atoms with Gasteiger partial charge in [-0.15, -0.1) is 0 Å². The highest BCUT2D eigenvalue weighted by Gasteiger charge is 2.34. The number of alkyl halides is 3. The summed E-state index contributed by atoms with van der Waals surface area (Å²) < 4.78 is 43.9. The van der Waals surface area contributed by atoms with Crippen LogP contribution in [0.4, 0.5) is 24.9 Å². The summed E-state index contributed by atoms with van der Waals surface area (Å²) in [6, 6.07) is 10.6. The summed E-state index contributed by atoms with van der Waals surface area (Å²) in [7, 11) is 3.79. The fourth-order valence-corrected chi connectivity index (χ4v) is 6.71. The van der Waals surface area contributed by atoms with Crippen LogP contribution in [-0.2, 0) is 37.4 Å². The van der Waals surface area contributed by atoms with Gasteiger partial charge in [-0.3, -0.25) is 14.4 Å². The molecule has 0 radical (unpaired) electrons. The zero-order valence-corrected chi connectivity index (χ0v) is 27.8. The number of hydrogen-bond donors (Lipinski definition) is 3. The molecule has 2 aromatic heterocycles. The van der Waals surface area contributed by atoms with Crippen molar-refractivity contribution in [1.29, 1.82) is 0 Å². The molecule has 2 aliphatic rings. The number of carbonyl (C=O) groups is 1. The van der Waals surface area contributed by atoms with E-state index in [0.717, 1.165) is 79.0 Å². The second-order valence-corrected chi connectivity index (χ2v) is 13.2. The molecule has 4 aromatic rings. The molecule has 0 spiro atoms. The quantitative estimate of drug-likeness (QED) is 0.223. The predicted octanol–water partition coefficient (Wildman–Crippen LogP) is 5.22. The Morgan fingerprint density at radius 2 is 1.75 bits per heavy atom. The molecule has 3 heterocycles. The molecule has 1 saturated carbocycles. The normalized spacial score (nSPS) is 19.5. The number of likely N-dealkylation sites (N-methyl/N-ethyl adjacent to an activating group) is 1. The van der Waals surface area contributed by atoms with Gasteiger partial charge in [0.2, 0.25) is 11.9 Å². The summed E-state index contributed by atoms with van der Waals surface area (Å²) in [6.45, 7) is 5.37. The van der Waals surface area contributed by atoms with Gasteiger partial charge in [0.05, 0.1) is 23.2 Å². The van der Waals surface area contributed by atoms with Gasteiger partial charge < -0.3 is 21.3 Å². The van der Waals surface area contributed by atoms with Crippen LogP contribution in [0, 0.1) is 0 Å². The minimum absolute atomic E-state index is 0.207. The van der Waals surface area contributed by atoms with Crippen molar-refractivity contribution >= 4 is 28.6 Å². The number of halogens is 3. The number of hydrogen-bond acceptors (Lipinski definition) is 8. The third-order valence-electron chi connectivity index (χ3n) is 9.53. The number of nitrogens with one attached hydrogen (secondary N) is 2. The number of amides is 1. The van der Waals surface area contributed by atoms with Crippen LogP contribution in [0.25, 0.3) is 22.2 Å². The van der Waals surface area contributed by atoms with Crippen molar-refractivity contribution in [2.45, 2.75) is 70.3 Å². The molecule has 6 rings (SSSR count). The Bertz CT molecular complexity index is 1760. The molecule has 1 saturated heterocycles. The van der Waals surface area contributed by atoms with Gasteiger partial charge in [0.25, 0.3) is 0 Å². The first kappa shape index (κ1) is 33.8. The van der Waals surface area contributed by atoms with E-state index in [1.807, 2.05) is 24.2 Å². The van der Waals surface area contributed by atoms with Crippen molar-refractivity contribution in [3.05, 3.63) is 64.8 Å². The average molecular weight is 664 g/mol. The number of nitrogens with two attached hydrogens (primary N) is 1. The molecule has 256 valence electrons. The van der Waals surface area contributed by atoms with Crippen LogP contribution in [0.1, 0.15) is 54.9 Å². The molecule has 4 N–H and O–H groups in total. The Morgan fingerprint density at radius 3 is 2.46 bits per heavy atom. The van der Waals surface area contributed by atoms with Crippen LogP contribution in [0.3, 0.4) is 0 Å². The third kappa shape index (κ3) is 7.96. The first-order chi connectivity index (χ1) is 22.9. The van der Waals surface area contributed by atoms with Crippen LogP contribution >= 0.6 is 0 Å². The molecular weight excluding hydrogens is 619 g/mol. The van der Waals surface area contributed by atoms with Crippen molar-refractivity contribution in [3.8, 4) is 11.3 Å². The van der Waals surface area contributed by atoms with Gasteiger partial charge in [-0.05, 0) is 74.0 Å². The van der Waals surface area contributed by atoms with Crippen molar-refractivity contribution < 1.29 is 18.0 Å². The summed E-state index contributed by atoms with van der Waals surface area (Å²) in [5.74, 6) is 0.491. The lowest BCUT2D eigenvalue weighted by Crippen LogP contribution is -2.44. The number of anilines is 2. The summed E-state index contributed by atoms with van der Waals surface area (Å²) >= 11 is 0. The molecule has 2 fully saturated rings. The highest BCUT2D eigenvalue weighted by atomic mass is 19.4. The van der Waals surface area contributed by atoms with E-state index in [1.54, 1.807) is 23.9 Å². The summed E-state index contributed by atoms with van der Waals surface area (Å²) in [6.07, 6.45) is 1.84. The summed E-state index contributed by atoms with van der Waals surface area (Å²) in [5.41, 5.74) is 9.49. The molecule has 13 heteroatoms. The average Bonchev–Trinajstić information content (AvgIpc) is 3.42. The van der Waals surface area contributed by atoms with E-state index in [-0.39, 0.29) is 24.6 Å². The summed E-state index contributed by atoms with van der Waals surface area (Å²) in [5, 5.41) is 11.6. The molecule has 48 heavy (non-hydrogen) atoms. The van der Waals surface area contributed by atoms with Gasteiger partial charge >= 0.3 is 6.18 Å². The maximum absolute atomic E-state index is 14.1. The number of aryl methyl sites for hydroxylation is 2. The lowest BCUT2D eigenvalue weighted by Gasteiger charge is -2.33. The lowest BCUT2D eigenvalue weighted by molar-refractivity contribution is -0.138. The Kier molecular flexibility index (Phi) is 10.00. The number of rotatable bonds is 9. The van der Waals surface area contributed by atoms with E-state index in [1.165, 1.54) is 6.07 Å². The Morgan fingerprint density at radius 1 is 1.00 bits per heavy atom. The second kappa shape index (κ2) is 14.2. The second-order valence-electron chi connectivity index (χ2n) is 13.2. The molecule has 0 unspecified atom stereocenters. The van der Waals surface area contributed by atoms with E-state index in [0.29, 0.717) is 36.5 Å². The van der Waals surface area contributed by atoms with E-state index in [2.05, 4.69) is 38.6 Å². The highest BCUT2D eigenvalue weighted by Crippen LogP contribution is 2.34. The third-order valence-corrected chi connectivity index (χ3v) is 9.53. The van der Waals surface area contributed by atoms with Crippen LogP contribution in [0.5, 0.6) is 0 Å². The fourth-order valence-electron chi connectivity index (χ4n) is 6.71. The number of benzene rings is 2. The van der Waals surface area contributed by atoms with Gasteiger partial charge in [-0.25, -0.2) is 9.97 Å².